The highest BCUT2D eigenvalue weighted by Crippen LogP contribution is 2.27. The molecule has 3 aromatic rings. The summed E-state index contributed by atoms with van der Waals surface area (Å²) in [7, 11) is 0. The average molecular weight is 469 g/mol. The summed E-state index contributed by atoms with van der Waals surface area (Å²) < 4.78 is 5.44. The standard InChI is InChI=1S/C25H28N2O3S2/c1-18-26-20(16-31-18)17-32-22-13-9-8-12-21(22)24(29)30-15-23(28)27(25(2,3)4)14-19-10-6-5-7-11-19/h5-13,16H,14-15,17H2,1-4H3. The Morgan fingerprint density at radius 2 is 1.75 bits per heavy atom. The smallest absolute Gasteiger partial charge is 0.339 e. The Morgan fingerprint density at radius 3 is 2.41 bits per heavy atom. The summed E-state index contributed by atoms with van der Waals surface area (Å²) in [5.74, 6) is -0.0510. The van der Waals surface area contributed by atoms with Gasteiger partial charge in [-0.15, -0.1) is 23.1 Å². The summed E-state index contributed by atoms with van der Waals surface area (Å²) in [5.41, 5.74) is 2.07. The lowest BCUT2D eigenvalue weighted by Gasteiger charge is -2.35. The van der Waals surface area contributed by atoms with Gasteiger partial charge in [-0.1, -0.05) is 42.5 Å². The van der Waals surface area contributed by atoms with Gasteiger partial charge in [-0.25, -0.2) is 9.78 Å². The predicted molar refractivity (Wildman–Crippen MR) is 130 cm³/mol. The summed E-state index contributed by atoms with van der Waals surface area (Å²) in [6.07, 6.45) is 0. The fraction of sp³-hybridized carbons (Fsp3) is 0.320. The third kappa shape index (κ3) is 6.68. The first-order chi connectivity index (χ1) is 15.2. The number of ether oxygens (including phenoxy) is 1. The first kappa shape index (κ1) is 24.0. The molecule has 0 aliphatic heterocycles. The van der Waals surface area contributed by atoms with Crippen molar-refractivity contribution in [3.8, 4) is 0 Å². The summed E-state index contributed by atoms with van der Waals surface area (Å²) in [5, 5.41) is 3.04. The zero-order chi connectivity index (χ0) is 23.1. The van der Waals surface area contributed by atoms with Crippen LogP contribution in [0.25, 0.3) is 0 Å². The van der Waals surface area contributed by atoms with E-state index in [-0.39, 0.29) is 12.5 Å². The molecule has 0 aliphatic carbocycles. The van der Waals surface area contributed by atoms with Gasteiger partial charge in [0.1, 0.15) is 0 Å². The summed E-state index contributed by atoms with van der Waals surface area (Å²) in [6.45, 7) is 8.05. The van der Waals surface area contributed by atoms with Crippen LogP contribution >= 0.6 is 23.1 Å². The maximum absolute atomic E-state index is 13.0. The van der Waals surface area contributed by atoms with E-state index < -0.39 is 11.5 Å². The first-order valence-electron chi connectivity index (χ1n) is 10.4. The molecule has 0 fully saturated rings. The number of rotatable bonds is 8. The van der Waals surface area contributed by atoms with Gasteiger partial charge in [0.25, 0.3) is 5.91 Å². The highest BCUT2D eigenvalue weighted by molar-refractivity contribution is 7.98. The van der Waals surface area contributed by atoms with Crippen molar-refractivity contribution >= 4 is 35.0 Å². The zero-order valence-electron chi connectivity index (χ0n) is 18.8. The highest BCUT2D eigenvalue weighted by atomic mass is 32.2. The monoisotopic (exact) mass is 468 g/mol. The molecule has 0 unspecified atom stereocenters. The molecule has 1 aromatic heterocycles. The number of aryl methyl sites for hydroxylation is 1. The Balaban J connectivity index is 1.64. The van der Waals surface area contributed by atoms with Crippen molar-refractivity contribution < 1.29 is 14.3 Å². The Hall–Kier alpha value is -2.64. The zero-order valence-corrected chi connectivity index (χ0v) is 20.5. The minimum atomic E-state index is -0.496. The Bertz CT molecular complexity index is 1060. The van der Waals surface area contributed by atoms with E-state index >= 15 is 0 Å². The number of hydrogen-bond acceptors (Lipinski definition) is 6. The summed E-state index contributed by atoms with van der Waals surface area (Å²) in [4.78, 5) is 32.8. The van der Waals surface area contributed by atoms with E-state index in [1.807, 2.05) is 75.5 Å². The maximum atomic E-state index is 13.0. The van der Waals surface area contributed by atoms with E-state index in [4.69, 9.17) is 4.74 Å². The number of amides is 1. The molecule has 3 rings (SSSR count). The van der Waals surface area contributed by atoms with E-state index in [2.05, 4.69) is 4.98 Å². The minimum absolute atomic E-state index is 0.224. The number of thioether (sulfide) groups is 1. The molecular weight excluding hydrogens is 440 g/mol. The van der Waals surface area contributed by atoms with Crippen LogP contribution in [0.3, 0.4) is 0 Å². The first-order valence-corrected chi connectivity index (χ1v) is 12.2. The lowest BCUT2D eigenvalue weighted by atomic mass is 10.0. The van der Waals surface area contributed by atoms with Crippen LogP contribution in [0.4, 0.5) is 0 Å². The fourth-order valence-corrected chi connectivity index (χ4v) is 4.79. The number of thiazole rings is 1. The molecule has 0 saturated heterocycles. The van der Waals surface area contributed by atoms with Crippen LogP contribution in [-0.2, 0) is 21.8 Å². The van der Waals surface area contributed by atoms with Crippen LogP contribution in [-0.4, -0.2) is 33.9 Å². The van der Waals surface area contributed by atoms with Gasteiger partial charge in [0.05, 0.1) is 16.3 Å². The molecule has 0 bridgehead atoms. The lowest BCUT2D eigenvalue weighted by molar-refractivity contribution is -0.140. The van der Waals surface area contributed by atoms with Gasteiger partial charge in [0.15, 0.2) is 6.61 Å². The molecule has 0 saturated carbocycles. The number of aromatic nitrogens is 1. The fourth-order valence-electron chi connectivity index (χ4n) is 3.14. The largest absolute Gasteiger partial charge is 0.452 e. The van der Waals surface area contributed by atoms with Crippen LogP contribution in [0, 0.1) is 6.92 Å². The van der Waals surface area contributed by atoms with Crippen molar-refractivity contribution in [3.63, 3.8) is 0 Å². The van der Waals surface area contributed by atoms with Gasteiger partial charge in [-0.3, -0.25) is 4.79 Å². The summed E-state index contributed by atoms with van der Waals surface area (Å²) in [6, 6.07) is 17.1. The van der Waals surface area contributed by atoms with Gasteiger partial charge < -0.3 is 9.64 Å². The van der Waals surface area contributed by atoms with Crippen molar-refractivity contribution in [2.24, 2.45) is 0 Å². The Labute approximate surface area is 197 Å². The third-order valence-electron chi connectivity index (χ3n) is 4.77. The second-order valence-electron chi connectivity index (χ2n) is 8.36. The molecule has 168 valence electrons. The van der Waals surface area contributed by atoms with Crippen molar-refractivity contribution in [2.75, 3.05) is 6.61 Å². The van der Waals surface area contributed by atoms with Gasteiger partial charge in [0, 0.05) is 28.1 Å². The molecule has 0 N–H and O–H groups in total. The Kier molecular flexibility index (Phi) is 8.10. The molecule has 5 nitrogen and oxygen atoms in total. The molecule has 0 radical (unpaired) electrons. The van der Waals surface area contributed by atoms with Gasteiger partial charge in [0.2, 0.25) is 0 Å². The molecule has 0 atom stereocenters. The minimum Gasteiger partial charge on any atom is -0.452 e. The van der Waals surface area contributed by atoms with E-state index in [9.17, 15) is 9.59 Å². The van der Waals surface area contributed by atoms with Crippen LogP contribution in [0.15, 0.2) is 64.9 Å². The summed E-state index contributed by atoms with van der Waals surface area (Å²) >= 11 is 3.14. The predicted octanol–water partition coefficient (Wildman–Crippen LogP) is 5.73. The molecule has 32 heavy (non-hydrogen) atoms. The maximum Gasteiger partial charge on any atom is 0.339 e. The van der Waals surface area contributed by atoms with Crippen LogP contribution in [0.2, 0.25) is 0 Å². The van der Waals surface area contributed by atoms with Crippen molar-refractivity contribution in [3.05, 3.63) is 81.8 Å². The number of benzene rings is 2. The number of carbonyl (C=O) groups excluding carboxylic acids is 2. The van der Waals surface area contributed by atoms with E-state index in [0.29, 0.717) is 17.9 Å². The second kappa shape index (κ2) is 10.8. The van der Waals surface area contributed by atoms with E-state index in [1.165, 1.54) is 11.8 Å². The third-order valence-corrected chi connectivity index (χ3v) is 6.70. The van der Waals surface area contributed by atoms with Gasteiger partial charge in [-0.05, 0) is 45.4 Å². The number of hydrogen-bond donors (Lipinski definition) is 0. The molecule has 7 heteroatoms. The van der Waals surface area contributed by atoms with Crippen molar-refractivity contribution in [1.29, 1.82) is 0 Å². The highest BCUT2D eigenvalue weighted by Gasteiger charge is 2.27. The Morgan fingerprint density at radius 1 is 1.06 bits per heavy atom. The molecule has 0 spiro atoms. The number of nitrogens with zero attached hydrogens (tertiary/aromatic N) is 2. The topological polar surface area (TPSA) is 59.5 Å². The number of carbonyl (C=O) groups is 2. The van der Waals surface area contributed by atoms with Crippen molar-refractivity contribution in [2.45, 2.75) is 50.4 Å². The average Bonchev–Trinajstić information content (AvgIpc) is 3.19. The number of esters is 1. The second-order valence-corrected chi connectivity index (χ2v) is 10.4. The van der Waals surface area contributed by atoms with E-state index in [1.54, 1.807) is 28.4 Å². The molecule has 2 aromatic carbocycles. The quantitative estimate of drug-likeness (QED) is 0.312. The van der Waals surface area contributed by atoms with Gasteiger partial charge in [-0.2, -0.15) is 0 Å². The lowest BCUT2D eigenvalue weighted by Crippen LogP contribution is -2.46. The van der Waals surface area contributed by atoms with Crippen molar-refractivity contribution in [1.82, 2.24) is 9.88 Å². The molecule has 1 heterocycles. The molecule has 1 amide bonds. The van der Waals surface area contributed by atoms with Crippen LogP contribution in [0.5, 0.6) is 0 Å². The van der Waals surface area contributed by atoms with Gasteiger partial charge >= 0.3 is 5.97 Å². The normalized spacial score (nSPS) is 11.2. The SMILES string of the molecule is Cc1nc(CSc2ccccc2C(=O)OCC(=O)N(Cc2ccccc2)C(C)(C)C)cs1. The molecule has 0 aliphatic rings. The van der Waals surface area contributed by atoms with Crippen LogP contribution in [0.1, 0.15) is 47.4 Å². The van der Waals surface area contributed by atoms with E-state index in [0.717, 1.165) is 21.2 Å². The van der Waals surface area contributed by atoms with Crippen LogP contribution < -0.4 is 0 Å². The molecular formula is C25H28N2O3S2.